The molecule has 0 aliphatic rings. The van der Waals surface area contributed by atoms with Gasteiger partial charge >= 0.3 is 0 Å². The Morgan fingerprint density at radius 2 is 1.77 bits per heavy atom. The molecule has 70 valence electrons. The van der Waals surface area contributed by atoms with Crippen molar-refractivity contribution < 1.29 is 0 Å². The van der Waals surface area contributed by atoms with Crippen molar-refractivity contribution >= 4 is 17.2 Å². The second-order valence-corrected chi connectivity index (χ2v) is 3.86. The van der Waals surface area contributed by atoms with Crippen LogP contribution in [0.15, 0.2) is 30.3 Å². The van der Waals surface area contributed by atoms with Gasteiger partial charge in [-0.15, -0.1) is 0 Å². The van der Waals surface area contributed by atoms with Crippen LogP contribution in [0.2, 0.25) is 0 Å². The summed E-state index contributed by atoms with van der Waals surface area (Å²) in [5.74, 6) is 0.663. The molecule has 0 amide bonds. The minimum Gasteiger partial charge on any atom is -0.393 e. The van der Waals surface area contributed by atoms with Gasteiger partial charge in [-0.3, -0.25) is 0 Å². The van der Waals surface area contributed by atoms with Crippen LogP contribution in [0, 0.1) is 5.92 Å². The van der Waals surface area contributed by atoms with E-state index in [9.17, 15) is 0 Å². The molecule has 0 bridgehead atoms. The molecule has 0 radical (unpaired) electrons. The maximum atomic E-state index is 5.61. The van der Waals surface area contributed by atoms with Gasteiger partial charge in [-0.05, 0) is 11.5 Å². The number of hydrogen-bond acceptors (Lipinski definition) is 1. The van der Waals surface area contributed by atoms with Crippen molar-refractivity contribution in [3.63, 3.8) is 0 Å². The summed E-state index contributed by atoms with van der Waals surface area (Å²) in [6.07, 6.45) is 0. The highest BCUT2D eigenvalue weighted by atomic mass is 32.1. The van der Waals surface area contributed by atoms with Crippen molar-refractivity contribution in [2.24, 2.45) is 11.7 Å². The Bertz CT molecular complexity index is 281. The maximum Gasteiger partial charge on any atom is 0.0761 e. The van der Waals surface area contributed by atoms with Crippen molar-refractivity contribution in [1.29, 1.82) is 0 Å². The number of benzene rings is 1. The quantitative estimate of drug-likeness (QED) is 0.747. The van der Waals surface area contributed by atoms with E-state index in [-0.39, 0.29) is 5.92 Å². The van der Waals surface area contributed by atoms with Gasteiger partial charge in [0.25, 0.3) is 0 Å². The normalized spacial score (nSPS) is 14.9. The number of thiocarbonyl (C=S) groups is 1. The van der Waals surface area contributed by atoms with Crippen LogP contribution in [-0.2, 0) is 0 Å². The van der Waals surface area contributed by atoms with E-state index in [0.29, 0.717) is 10.9 Å². The maximum absolute atomic E-state index is 5.61. The van der Waals surface area contributed by atoms with Gasteiger partial charge in [0.2, 0.25) is 0 Å². The predicted molar refractivity (Wildman–Crippen MR) is 60.8 cm³/mol. The van der Waals surface area contributed by atoms with E-state index in [2.05, 4.69) is 26.0 Å². The molecule has 0 aliphatic heterocycles. The molecule has 2 atom stereocenters. The molecule has 1 rings (SSSR count). The van der Waals surface area contributed by atoms with Crippen LogP contribution in [0.25, 0.3) is 0 Å². The van der Waals surface area contributed by atoms with Gasteiger partial charge in [-0.1, -0.05) is 56.4 Å². The number of hydrogen-bond donors (Lipinski definition) is 1. The fourth-order valence-electron chi connectivity index (χ4n) is 1.29. The van der Waals surface area contributed by atoms with Gasteiger partial charge in [0.1, 0.15) is 0 Å². The van der Waals surface area contributed by atoms with Gasteiger partial charge in [0.05, 0.1) is 4.99 Å². The van der Waals surface area contributed by atoms with Crippen LogP contribution < -0.4 is 5.73 Å². The standard InChI is InChI=1S/C11H15NS/c1-8(9(2)11(12)13)10-6-4-3-5-7-10/h3-9H,1-2H3,(H2,12,13). The first-order valence-electron chi connectivity index (χ1n) is 4.47. The monoisotopic (exact) mass is 193 g/mol. The fourth-order valence-corrected chi connectivity index (χ4v) is 1.50. The second-order valence-electron chi connectivity index (χ2n) is 3.39. The highest BCUT2D eigenvalue weighted by Gasteiger charge is 2.15. The zero-order valence-corrected chi connectivity index (χ0v) is 8.84. The predicted octanol–water partition coefficient (Wildman–Crippen LogP) is 2.71. The summed E-state index contributed by atoms with van der Waals surface area (Å²) in [6.45, 7) is 4.22. The summed E-state index contributed by atoms with van der Waals surface area (Å²) in [6, 6.07) is 10.3. The van der Waals surface area contributed by atoms with Crippen LogP contribution in [0.4, 0.5) is 0 Å². The van der Waals surface area contributed by atoms with E-state index >= 15 is 0 Å². The van der Waals surface area contributed by atoms with Gasteiger partial charge in [-0.25, -0.2) is 0 Å². The Hall–Kier alpha value is -0.890. The van der Waals surface area contributed by atoms with Crippen LogP contribution in [0.3, 0.4) is 0 Å². The minimum atomic E-state index is 0.261. The summed E-state index contributed by atoms with van der Waals surface area (Å²) in [5.41, 5.74) is 6.90. The molecule has 1 aromatic rings. The molecule has 0 aliphatic carbocycles. The van der Waals surface area contributed by atoms with E-state index < -0.39 is 0 Å². The Labute approximate surface area is 85.0 Å². The van der Waals surface area contributed by atoms with Crippen LogP contribution in [-0.4, -0.2) is 4.99 Å². The van der Waals surface area contributed by atoms with Gasteiger partial charge in [-0.2, -0.15) is 0 Å². The molecule has 0 fully saturated rings. The molecule has 0 heterocycles. The first-order chi connectivity index (χ1) is 6.13. The van der Waals surface area contributed by atoms with Crippen LogP contribution in [0.1, 0.15) is 25.3 Å². The summed E-state index contributed by atoms with van der Waals surface area (Å²) in [4.78, 5) is 0.594. The molecule has 2 N–H and O–H groups in total. The SMILES string of the molecule is CC(C(N)=S)C(C)c1ccccc1. The first kappa shape index (κ1) is 10.2. The molecule has 1 aromatic carbocycles. The van der Waals surface area contributed by atoms with E-state index in [1.807, 2.05) is 18.2 Å². The van der Waals surface area contributed by atoms with E-state index in [0.717, 1.165) is 0 Å². The molecular weight excluding hydrogens is 178 g/mol. The molecular formula is C11H15NS. The van der Waals surface area contributed by atoms with Gasteiger partial charge in [0.15, 0.2) is 0 Å². The lowest BCUT2D eigenvalue weighted by Gasteiger charge is -2.18. The van der Waals surface area contributed by atoms with Crippen LogP contribution in [0.5, 0.6) is 0 Å². The molecule has 0 spiro atoms. The van der Waals surface area contributed by atoms with E-state index in [4.69, 9.17) is 18.0 Å². The first-order valence-corrected chi connectivity index (χ1v) is 4.88. The van der Waals surface area contributed by atoms with Crippen molar-refractivity contribution in [2.45, 2.75) is 19.8 Å². The van der Waals surface area contributed by atoms with Gasteiger partial charge in [0, 0.05) is 5.92 Å². The topological polar surface area (TPSA) is 26.0 Å². The number of rotatable bonds is 3. The molecule has 0 aromatic heterocycles. The average Bonchev–Trinajstić information content (AvgIpc) is 2.17. The third-order valence-electron chi connectivity index (χ3n) is 2.52. The van der Waals surface area contributed by atoms with Crippen molar-refractivity contribution in [1.82, 2.24) is 0 Å². The molecule has 0 saturated heterocycles. The van der Waals surface area contributed by atoms with E-state index in [1.54, 1.807) is 0 Å². The lowest BCUT2D eigenvalue weighted by Crippen LogP contribution is -2.23. The third-order valence-corrected chi connectivity index (χ3v) is 2.90. The molecule has 0 saturated carbocycles. The Morgan fingerprint density at radius 3 is 2.23 bits per heavy atom. The van der Waals surface area contributed by atoms with Crippen LogP contribution >= 0.6 is 12.2 Å². The Balaban J connectivity index is 2.79. The summed E-state index contributed by atoms with van der Waals surface area (Å²) in [7, 11) is 0. The Kier molecular flexibility index (Phi) is 3.43. The summed E-state index contributed by atoms with van der Waals surface area (Å²) in [5, 5.41) is 0. The zero-order chi connectivity index (χ0) is 9.84. The molecule has 2 heteroatoms. The Morgan fingerprint density at radius 1 is 1.23 bits per heavy atom. The smallest absolute Gasteiger partial charge is 0.0761 e. The lowest BCUT2D eigenvalue weighted by molar-refractivity contribution is 0.627. The van der Waals surface area contributed by atoms with Crippen molar-refractivity contribution in [3.05, 3.63) is 35.9 Å². The lowest BCUT2D eigenvalue weighted by atomic mass is 9.89. The fraction of sp³-hybridized carbons (Fsp3) is 0.364. The molecule has 1 nitrogen and oxygen atoms in total. The van der Waals surface area contributed by atoms with E-state index in [1.165, 1.54) is 5.56 Å². The number of nitrogens with two attached hydrogens (primary N) is 1. The third kappa shape index (κ3) is 2.52. The average molecular weight is 193 g/mol. The summed E-state index contributed by atoms with van der Waals surface area (Å²) < 4.78 is 0. The zero-order valence-electron chi connectivity index (χ0n) is 8.03. The van der Waals surface area contributed by atoms with Crippen molar-refractivity contribution in [3.8, 4) is 0 Å². The molecule has 2 unspecified atom stereocenters. The highest BCUT2D eigenvalue weighted by Crippen LogP contribution is 2.23. The largest absolute Gasteiger partial charge is 0.393 e. The minimum absolute atomic E-state index is 0.261. The molecule has 13 heavy (non-hydrogen) atoms. The van der Waals surface area contributed by atoms with Crippen molar-refractivity contribution in [2.75, 3.05) is 0 Å². The highest BCUT2D eigenvalue weighted by molar-refractivity contribution is 7.80. The second kappa shape index (κ2) is 4.38. The summed E-state index contributed by atoms with van der Waals surface area (Å²) >= 11 is 4.97. The van der Waals surface area contributed by atoms with Gasteiger partial charge < -0.3 is 5.73 Å².